The maximum absolute atomic E-state index is 2.37. The highest BCUT2D eigenvalue weighted by Gasteiger charge is 2.27. The van der Waals surface area contributed by atoms with Gasteiger partial charge in [0.2, 0.25) is 0 Å². The number of aromatic nitrogens is 1. The van der Waals surface area contributed by atoms with Crippen molar-refractivity contribution in [3.8, 4) is 0 Å². The van der Waals surface area contributed by atoms with Crippen LogP contribution in [0.2, 0.25) is 0 Å². The van der Waals surface area contributed by atoms with Gasteiger partial charge in [0.1, 0.15) is 0 Å². The van der Waals surface area contributed by atoms with Crippen molar-refractivity contribution >= 4 is 0 Å². The Labute approximate surface area is 103 Å². The molecule has 1 aliphatic rings. The molecule has 2 aromatic rings. The van der Waals surface area contributed by atoms with E-state index in [-0.39, 0.29) is 0 Å². The van der Waals surface area contributed by atoms with E-state index in [4.69, 9.17) is 0 Å². The lowest BCUT2D eigenvalue weighted by molar-refractivity contribution is 0.512. The smallest absolute Gasteiger partial charge is 0.0336 e. The Hall–Kier alpha value is -1.50. The Morgan fingerprint density at radius 1 is 1.00 bits per heavy atom. The Morgan fingerprint density at radius 3 is 2.53 bits per heavy atom. The molecule has 0 aliphatic heterocycles. The van der Waals surface area contributed by atoms with E-state index < -0.39 is 0 Å². The molecule has 1 saturated carbocycles. The van der Waals surface area contributed by atoms with Crippen molar-refractivity contribution < 1.29 is 0 Å². The Bertz CT molecular complexity index is 484. The van der Waals surface area contributed by atoms with Crippen LogP contribution in [0.1, 0.15) is 42.3 Å². The SMILES string of the molecule is Cc1ccccc1[C@@H]1CC[C@H](n2cccc2)C1. The van der Waals surface area contributed by atoms with E-state index >= 15 is 0 Å². The minimum Gasteiger partial charge on any atom is -0.351 e. The van der Waals surface area contributed by atoms with Crippen molar-refractivity contribution in [3.05, 3.63) is 59.9 Å². The molecule has 0 radical (unpaired) electrons. The molecule has 0 unspecified atom stereocenters. The van der Waals surface area contributed by atoms with Gasteiger partial charge in [0.05, 0.1) is 0 Å². The number of nitrogens with zero attached hydrogens (tertiary/aromatic N) is 1. The summed E-state index contributed by atoms with van der Waals surface area (Å²) in [6.45, 7) is 2.23. The van der Waals surface area contributed by atoms with Gasteiger partial charge in [-0.15, -0.1) is 0 Å². The van der Waals surface area contributed by atoms with Crippen LogP contribution in [0.3, 0.4) is 0 Å². The van der Waals surface area contributed by atoms with Gasteiger partial charge in [0, 0.05) is 18.4 Å². The Morgan fingerprint density at radius 2 is 1.76 bits per heavy atom. The van der Waals surface area contributed by atoms with Gasteiger partial charge in [-0.1, -0.05) is 24.3 Å². The second-order valence-electron chi connectivity index (χ2n) is 5.15. The number of hydrogen-bond donors (Lipinski definition) is 0. The summed E-state index contributed by atoms with van der Waals surface area (Å²) in [5, 5.41) is 0. The minimum atomic E-state index is 0.703. The Kier molecular flexibility index (Phi) is 2.76. The van der Waals surface area contributed by atoms with Gasteiger partial charge < -0.3 is 4.57 Å². The summed E-state index contributed by atoms with van der Waals surface area (Å²) >= 11 is 0. The third kappa shape index (κ3) is 2.02. The summed E-state index contributed by atoms with van der Waals surface area (Å²) in [6, 6.07) is 13.8. The zero-order valence-electron chi connectivity index (χ0n) is 10.3. The summed E-state index contributed by atoms with van der Waals surface area (Å²) in [5.74, 6) is 0.753. The zero-order valence-corrected chi connectivity index (χ0v) is 10.3. The summed E-state index contributed by atoms with van der Waals surface area (Å²) in [7, 11) is 0. The molecule has 1 heteroatoms. The fraction of sp³-hybridized carbons (Fsp3) is 0.375. The van der Waals surface area contributed by atoms with Gasteiger partial charge in [0.15, 0.2) is 0 Å². The summed E-state index contributed by atoms with van der Waals surface area (Å²) in [6.07, 6.45) is 8.33. The van der Waals surface area contributed by atoms with Crippen LogP contribution in [0, 0.1) is 6.92 Å². The highest BCUT2D eigenvalue weighted by molar-refractivity contribution is 5.30. The van der Waals surface area contributed by atoms with Crippen LogP contribution in [-0.2, 0) is 0 Å². The highest BCUT2D eigenvalue weighted by atomic mass is 15.0. The molecule has 0 bridgehead atoms. The van der Waals surface area contributed by atoms with Crippen molar-refractivity contribution in [1.82, 2.24) is 4.57 Å². The lowest BCUT2D eigenvalue weighted by atomic mass is 9.93. The molecule has 0 N–H and O–H groups in total. The van der Waals surface area contributed by atoms with E-state index in [0.717, 1.165) is 5.92 Å². The van der Waals surface area contributed by atoms with Gasteiger partial charge >= 0.3 is 0 Å². The Balaban J connectivity index is 1.79. The average molecular weight is 225 g/mol. The third-order valence-corrected chi connectivity index (χ3v) is 4.08. The van der Waals surface area contributed by atoms with E-state index in [9.17, 15) is 0 Å². The quantitative estimate of drug-likeness (QED) is 0.718. The van der Waals surface area contributed by atoms with Crippen LogP contribution in [-0.4, -0.2) is 4.57 Å². The van der Waals surface area contributed by atoms with Crippen molar-refractivity contribution in [2.75, 3.05) is 0 Å². The predicted octanol–water partition coefficient (Wildman–Crippen LogP) is 4.31. The van der Waals surface area contributed by atoms with Crippen LogP contribution < -0.4 is 0 Å². The van der Waals surface area contributed by atoms with Crippen LogP contribution >= 0.6 is 0 Å². The maximum Gasteiger partial charge on any atom is 0.0336 e. The lowest BCUT2D eigenvalue weighted by Crippen LogP contribution is -2.02. The first kappa shape index (κ1) is 10.6. The molecule has 0 spiro atoms. The van der Waals surface area contributed by atoms with Gasteiger partial charge in [0.25, 0.3) is 0 Å². The van der Waals surface area contributed by atoms with Crippen LogP contribution in [0.25, 0.3) is 0 Å². The molecule has 1 nitrogen and oxygen atoms in total. The molecule has 0 amide bonds. The number of benzene rings is 1. The van der Waals surface area contributed by atoms with Crippen molar-refractivity contribution in [2.24, 2.45) is 0 Å². The van der Waals surface area contributed by atoms with E-state index in [0.29, 0.717) is 6.04 Å². The van der Waals surface area contributed by atoms with E-state index in [2.05, 4.69) is 60.3 Å². The van der Waals surface area contributed by atoms with E-state index in [1.807, 2.05) is 0 Å². The number of hydrogen-bond acceptors (Lipinski definition) is 0. The maximum atomic E-state index is 2.37. The molecule has 1 heterocycles. The summed E-state index contributed by atoms with van der Waals surface area (Å²) in [5.41, 5.74) is 3.01. The van der Waals surface area contributed by atoms with Crippen LogP contribution in [0.5, 0.6) is 0 Å². The zero-order chi connectivity index (χ0) is 11.7. The van der Waals surface area contributed by atoms with E-state index in [1.165, 1.54) is 24.8 Å². The molecule has 1 aliphatic carbocycles. The fourth-order valence-corrected chi connectivity index (χ4v) is 3.15. The third-order valence-electron chi connectivity index (χ3n) is 4.08. The molecular formula is C16H19N. The molecule has 17 heavy (non-hydrogen) atoms. The van der Waals surface area contributed by atoms with Gasteiger partial charge in [-0.3, -0.25) is 0 Å². The first-order chi connectivity index (χ1) is 8.34. The van der Waals surface area contributed by atoms with Crippen LogP contribution in [0.4, 0.5) is 0 Å². The standard InChI is InChI=1S/C16H19N/c1-13-6-2-3-7-16(13)14-8-9-15(12-14)17-10-4-5-11-17/h2-7,10-11,14-15H,8-9,12H2,1H3/t14-,15+/m1/s1. The first-order valence-electron chi connectivity index (χ1n) is 6.52. The normalized spacial score (nSPS) is 24.1. The molecule has 88 valence electrons. The molecule has 2 atom stereocenters. The highest BCUT2D eigenvalue weighted by Crippen LogP contribution is 2.41. The average Bonchev–Trinajstić information content (AvgIpc) is 3.00. The largest absolute Gasteiger partial charge is 0.351 e. The van der Waals surface area contributed by atoms with Gasteiger partial charge in [-0.25, -0.2) is 0 Å². The predicted molar refractivity (Wildman–Crippen MR) is 71.2 cm³/mol. The second-order valence-corrected chi connectivity index (χ2v) is 5.15. The fourth-order valence-electron chi connectivity index (χ4n) is 3.15. The summed E-state index contributed by atoms with van der Waals surface area (Å²) < 4.78 is 2.37. The molecule has 0 saturated heterocycles. The van der Waals surface area contributed by atoms with Crippen molar-refractivity contribution in [3.63, 3.8) is 0 Å². The number of aryl methyl sites for hydroxylation is 1. The topological polar surface area (TPSA) is 4.93 Å². The molecule has 1 aromatic heterocycles. The monoisotopic (exact) mass is 225 g/mol. The molecule has 3 rings (SSSR count). The van der Waals surface area contributed by atoms with Crippen molar-refractivity contribution in [2.45, 2.75) is 38.1 Å². The van der Waals surface area contributed by atoms with Crippen molar-refractivity contribution in [1.29, 1.82) is 0 Å². The molecule has 1 fully saturated rings. The first-order valence-corrected chi connectivity index (χ1v) is 6.52. The number of rotatable bonds is 2. The molecule has 1 aromatic carbocycles. The second kappa shape index (κ2) is 4.40. The summed E-state index contributed by atoms with van der Waals surface area (Å²) in [4.78, 5) is 0. The van der Waals surface area contributed by atoms with E-state index in [1.54, 1.807) is 5.56 Å². The lowest BCUT2D eigenvalue weighted by Gasteiger charge is -2.15. The van der Waals surface area contributed by atoms with Crippen LogP contribution in [0.15, 0.2) is 48.8 Å². The molecular weight excluding hydrogens is 206 g/mol. The van der Waals surface area contributed by atoms with Gasteiger partial charge in [-0.05, 0) is 55.4 Å². The van der Waals surface area contributed by atoms with Gasteiger partial charge in [-0.2, -0.15) is 0 Å². The minimum absolute atomic E-state index is 0.703.